The van der Waals surface area contributed by atoms with Crippen molar-refractivity contribution in [2.45, 2.75) is 32.8 Å². The van der Waals surface area contributed by atoms with Crippen molar-refractivity contribution in [3.63, 3.8) is 0 Å². The van der Waals surface area contributed by atoms with Gasteiger partial charge in [0.1, 0.15) is 11.9 Å². The molecule has 0 aromatic heterocycles. The summed E-state index contributed by atoms with van der Waals surface area (Å²) in [6, 6.07) is 4.86. The monoisotopic (exact) mass is 291 g/mol. The van der Waals surface area contributed by atoms with E-state index in [2.05, 4.69) is 5.32 Å². The van der Waals surface area contributed by atoms with E-state index in [4.69, 9.17) is 9.47 Å². The van der Waals surface area contributed by atoms with E-state index in [1.807, 2.05) is 0 Å². The van der Waals surface area contributed by atoms with Crippen LogP contribution in [-0.2, 0) is 14.3 Å². The molecule has 2 rings (SSSR count). The minimum Gasteiger partial charge on any atom is -0.489 e. The zero-order chi connectivity index (χ0) is 15.4. The minimum atomic E-state index is -0.504. The maximum absolute atomic E-state index is 12.1. The van der Waals surface area contributed by atoms with E-state index in [1.54, 1.807) is 25.1 Å². The summed E-state index contributed by atoms with van der Waals surface area (Å²) in [4.78, 5) is 34.6. The number of carbonyl (C=O) groups is 3. The molecule has 112 valence electrons. The number of hydrogen-bond donors (Lipinski definition) is 1. The molecule has 0 bridgehead atoms. The molecule has 0 saturated carbocycles. The smallest absolute Gasteiger partial charge is 0.309 e. The third-order valence-electron chi connectivity index (χ3n) is 3.01. The second-order valence-corrected chi connectivity index (χ2v) is 4.77. The Hall–Kier alpha value is -2.37. The molecule has 21 heavy (non-hydrogen) atoms. The van der Waals surface area contributed by atoms with Crippen molar-refractivity contribution in [1.82, 2.24) is 0 Å². The van der Waals surface area contributed by atoms with Gasteiger partial charge in [0.05, 0.1) is 18.6 Å². The normalized spacial score (nSPS) is 16.7. The lowest BCUT2D eigenvalue weighted by Crippen LogP contribution is -2.30. The van der Waals surface area contributed by atoms with Crippen molar-refractivity contribution in [3.05, 3.63) is 23.8 Å². The number of nitrogens with one attached hydrogen (secondary N) is 1. The van der Waals surface area contributed by atoms with Crippen molar-refractivity contribution in [2.75, 3.05) is 11.9 Å². The van der Waals surface area contributed by atoms with Crippen molar-refractivity contribution < 1.29 is 23.9 Å². The van der Waals surface area contributed by atoms with E-state index >= 15 is 0 Å². The summed E-state index contributed by atoms with van der Waals surface area (Å²) in [5.41, 5.74) is 0.961. The van der Waals surface area contributed by atoms with E-state index in [9.17, 15) is 14.4 Å². The van der Waals surface area contributed by atoms with Gasteiger partial charge in [-0.15, -0.1) is 0 Å². The number of rotatable bonds is 4. The second kappa shape index (κ2) is 6.39. The first-order chi connectivity index (χ1) is 9.99. The third kappa shape index (κ3) is 3.81. The molecule has 0 radical (unpaired) electrons. The Morgan fingerprint density at radius 2 is 2.19 bits per heavy atom. The molecule has 1 N–H and O–H groups in total. The first kappa shape index (κ1) is 15.0. The quantitative estimate of drug-likeness (QED) is 0.857. The van der Waals surface area contributed by atoms with Crippen LogP contribution in [0.2, 0.25) is 0 Å². The molecule has 0 aliphatic carbocycles. The molecular formula is C15H17NO5. The van der Waals surface area contributed by atoms with E-state index in [-0.39, 0.29) is 30.5 Å². The topological polar surface area (TPSA) is 81.7 Å². The van der Waals surface area contributed by atoms with Gasteiger partial charge in [-0.3, -0.25) is 14.4 Å². The van der Waals surface area contributed by atoms with E-state index < -0.39 is 6.10 Å². The lowest BCUT2D eigenvalue weighted by atomic mass is 9.98. The first-order valence-corrected chi connectivity index (χ1v) is 6.76. The Balaban J connectivity index is 2.12. The number of esters is 1. The summed E-state index contributed by atoms with van der Waals surface area (Å²) < 4.78 is 10.5. The number of fused-ring (bicyclic) bond motifs is 1. The van der Waals surface area contributed by atoms with Crippen LogP contribution in [0.25, 0.3) is 0 Å². The average Bonchev–Trinajstić information content (AvgIpc) is 2.39. The summed E-state index contributed by atoms with van der Waals surface area (Å²) in [6.07, 6.45) is -0.336. The lowest BCUT2D eigenvalue weighted by Gasteiger charge is -2.25. The van der Waals surface area contributed by atoms with Crippen LogP contribution in [0.4, 0.5) is 5.69 Å². The molecule has 1 heterocycles. The summed E-state index contributed by atoms with van der Waals surface area (Å²) >= 11 is 0. The summed E-state index contributed by atoms with van der Waals surface area (Å²) in [5, 5.41) is 2.61. The Kier molecular flexibility index (Phi) is 4.57. The van der Waals surface area contributed by atoms with Gasteiger partial charge >= 0.3 is 5.97 Å². The molecule has 6 heteroatoms. The van der Waals surface area contributed by atoms with Crippen molar-refractivity contribution in [1.29, 1.82) is 0 Å². The van der Waals surface area contributed by atoms with Gasteiger partial charge in [-0.2, -0.15) is 0 Å². The SMILES string of the molecule is CCOC(=O)C[C@@H]1CC(=O)c2cc(NC(C)=O)ccc2O1. The maximum Gasteiger partial charge on any atom is 0.309 e. The number of anilines is 1. The molecule has 6 nitrogen and oxygen atoms in total. The predicted molar refractivity (Wildman–Crippen MR) is 75.4 cm³/mol. The fourth-order valence-electron chi connectivity index (χ4n) is 2.19. The zero-order valence-corrected chi connectivity index (χ0v) is 12.0. The molecular weight excluding hydrogens is 274 g/mol. The minimum absolute atomic E-state index is 0.0481. The standard InChI is InChI=1S/C15H17NO5/c1-3-20-15(19)8-11-7-13(18)12-6-10(16-9(2)17)4-5-14(12)21-11/h4-6,11H,3,7-8H2,1-2H3,(H,16,17)/t11-/m0/s1. The fraction of sp³-hybridized carbons (Fsp3) is 0.400. The number of hydrogen-bond acceptors (Lipinski definition) is 5. The van der Waals surface area contributed by atoms with Gasteiger partial charge in [0.15, 0.2) is 5.78 Å². The van der Waals surface area contributed by atoms with Crippen molar-refractivity contribution >= 4 is 23.3 Å². The highest BCUT2D eigenvalue weighted by Crippen LogP contribution is 2.31. The predicted octanol–water partition coefficient (Wildman–Crippen LogP) is 1.93. The summed E-state index contributed by atoms with van der Waals surface area (Å²) in [7, 11) is 0. The van der Waals surface area contributed by atoms with Gasteiger partial charge in [0.2, 0.25) is 5.91 Å². The van der Waals surface area contributed by atoms with Crippen LogP contribution in [0, 0.1) is 0 Å². The summed E-state index contributed by atoms with van der Waals surface area (Å²) in [5.74, 6) is -0.277. The molecule has 0 fully saturated rings. The van der Waals surface area contributed by atoms with Crippen LogP contribution in [0.3, 0.4) is 0 Å². The number of Topliss-reactive ketones (excluding diaryl/α,β-unsaturated/α-hetero) is 1. The van der Waals surface area contributed by atoms with Gasteiger partial charge in [0, 0.05) is 19.0 Å². The van der Waals surface area contributed by atoms with Gasteiger partial charge in [-0.25, -0.2) is 0 Å². The number of carbonyl (C=O) groups excluding carboxylic acids is 3. The third-order valence-corrected chi connectivity index (χ3v) is 3.01. The molecule has 0 spiro atoms. The Labute approximate surface area is 122 Å². The van der Waals surface area contributed by atoms with Crippen molar-refractivity contribution in [3.8, 4) is 5.75 Å². The van der Waals surface area contributed by atoms with E-state index in [0.717, 1.165) is 0 Å². The van der Waals surface area contributed by atoms with Crippen LogP contribution in [0.15, 0.2) is 18.2 Å². The largest absolute Gasteiger partial charge is 0.489 e. The highest BCUT2D eigenvalue weighted by Gasteiger charge is 2.28. The molecule has 1 aromatic rings. The first-order valence-electron chi connectivity index (χ1n) is 6.76. The maximum atomic E-state index is 12.1. The van der Waals surface area contributed by atoms with Gasteiger partial charge in [0.25, 0.3) is 0 Å². The Morgan fingerprint density at radius 1 is 1.43 bits per heavy atom. The molecule has 1 aliphatic rings. The number of ketones is 1. The highest BCUT2D eigenvalue weighted by molar-refractivity contribution is 6.02. The van der Waals surface area contributed by atoms with Crippen LogP contribution >= 0.6 is 0 Å². The molecule has 0 saturated heterocycles. The number of ether oxygens (including phenoxy) is 2. The van der Waals surface area contributed by atoms with Crippen LogP contribution in [-0.4, -0.2) is 30.4 Å². The van der Waals surface area contributed by atoms with E-state index in [0.29, 0.717) is 23.6 Å². The molecule has 1 aromatic carbocycles. The van der Waals surface area contributed by atoms with E-state index in [1.165, 1.54) is 6.92 Å². The van der Waals surface area contributed by atoms with Crippen molar-refractivity contribution in [2.24, 2.45) is 0 Å². The number of benzene rings is 1. The zero-order valence-electron chi connectivity index (χ0n) is 12.0. The highest BCUT2D eigenvalue weighted by atomic mass is 16.5. The fourth-order valence-corrected chi connectivity index (χ4v) is 2.19. The Bertz CT molecular complexity index is 581. The Morgan fingerprint density at radius 3 is 2.86 bits per heavy atom. The number of amides is 1. The van der Waals surface area contributed by atoms with Gasteiger partial charge in [-0.05, 0) is 25.1 Å². The molecule has 1 atom stereocenters. The molecule has 1 aliphatic heterocycles. The second-order valence-electron chi connectivity index (χ2n) is 4.77. The lowest BCUT2D eigenvalue weighted by molar-refractivity contribution is -0.145. The average molecular weight is 291 g/mol. The summed E-state index contributed by atoms with van der Waals surface area (Å²) in [6.45, 7) is 3.42. The molecule has 0 unspecified atom stereocenters. The van der Waals surface area contributed by atoms with Crippen LogP contribution < -0.4 is 10.1 Å². The molecule has 1 amide bonds. The van der Waals surface area contributed by atoms with Gasteiger partial charge in [-0.1, -0.05) is 0 Å². The van der Waals surface area contributed by atoms with Crippen LogP contribution in [0.1, 0.15) is 37.0 Å². The van der Waals surface area contributed by atoms with Gasteiger partial charge < -0.3 is 14.8 Å². The van der Waals surface area contributed by atoms with Crippen LogP contribution in [0.5, 0.6) is 5.75 Å².